The lowest BCUT2D eigenvalue weighted by molar-refractivity contribution is -0.169. The van der Waals surface area contributed by atoms with Gasteiger partial charge in [-0.3, -0.25) is 8.98 Å². The van der Waals surface area contributed by atoms with Gasteiger partial charge in [-0.15, -0.1) is 0 Å². The molecule has 1 heterocycles. The van der Waals surface area contributed by atoms with E-state index in [1.165, 1.54) is 0 Å². The number of fused-ring (bicyclic) bond motifs is 6. The van der Waals surface area contributed by atoms with Crippen molar-refractivity contribution in [2.24, 2.45) is 28.6 Å². The average Bonchev–Trinajstić information content (AvgIpc) is 3.25. The van der Waals surface area contributed by atoms with E-state index in [2.05, 4.69) is 6.92 Å². The molecule has 5 aliphatic rings. The Hall–Kier alpha value is -0.880. The van der Waals surface area contributed by atoms with Crippen molar-refractivity contribution in [1.82, 2.24) is 0 Å². The molecule has 0 unspecified atom stereocenters. The zero-order chi connectivity index (χ0) is 30.6. The number of aliphatic hydroxyl groups is 3. The molecule has 41 heavy (non-hydrogen) atoms. The lowest BCUT2D eigenvalue weighted by Crippen LogP contribution is -2.63. The Morgan fingerprint density at radius 2 is 1.68 bits per heavy atom. The van der Waals surface area contributed by atoms with E-state index in [0.717, 1.165) is 18.2 Å². The van der Waals surface area contributed by atoms with Crippen LogP contribution in [0, 0.1) is 28.6 Å². The first-order valence-corrected chi connectivity index (χ1v) is 17.0. The van der Waals surface area contributed by atoms with Gasteiger partial charge >= 0.3 is 0 Å². The number of hydrogen-bond acceptors (Lipinski definition) is 9. The van der Waals surface area contributed by atoms with Crippen molar-refractivity contribution in [3.63, 3.8) is 0 Å². The predicted octanol–water partition coefficient (Wildman–Crippen LogP) is 3.64. The minimum atomic E-state index is -3.91. The summed E-state index contributed by atoms with van der Waals surface area (Å²) in [6, 6.07) is 0. The third-order valence-electron chi connectivity index (χ3n) is 11.6. The Labute approximate surface area is 245 Å². The molecule has 0 aromatic heterocycles. The Kier molecular flexibility index (Phi) is 7.35. The van der Waals surface area contributed by atoms with E-state index < -0.39 is 55.6 Å². The molecule has 0 amide bonds. The second kappa shape index (κ2) is 9.56. The molecule has 10 heteroatoms. The predicted molar refractivity (Wildman–Crippen MR) is 152 cm³/mol. The van der Waals surface area contributed by atoms with Crippen molar-refractivity contribution in [2.75, 3.05) is 6.26 Å². The fraction of sp³-hybridized carbons (Fsp3) is 0.903. The third-order valence-corrected chi connectivity index (χ3v) is 12.2. The monoisotopic (exact) mass is 598 g/mol. The summed E-state index contributed by atoms with van der Waals surface area (Å²) in [6.07, 6.45) is 5.08. The van der Waals surface area contributed by atoms with Gasteiger partial charge in [0.2, 0.25) is 0 Å². The molecule has 3 saturated carbocycles. The molecule has 0 aromatic carbocycles. The molecule has 5 rings (SSSR count). The molecule has 234 valence electrons. The Morgan fingerprint density at radius 1 is 1.05 bits per heavy atom. The van der Waals surface area contributed by atoms with E-state index in [9.17, 15) is 28.5 Å². The number of ketones is 1. The first kappa shape index (κ1) is 31.5. The number of carbonyl (C=O) groups excluding carboxylic acids is 1. The Bertz CT molecular complexity index is 1220. The topological polar surface area (TPSA) is 140 Å². The van der Waals surface area contributed by atoms with Crippen LogP contribution in [-0.4, -0.2) is 76.7 Å². The molecule has 4 fully saturated rings. The van der Waals surface area contributed by atoms with E-state index in [-0.39, 0.29) is 42.7 Å². The molecule has 4 aliphatic carbocycles. The van der Waals surface area contributed by atoms with E-state index >= 15 is 0 Å². The Morgan fingerprint density at radius 3 is 2.29 bits per heavy atom. The zero-order valence-corrected chi connectivity index (χ0v) is 26.7. The summed E-state index contributed by atoms with van der Waals surface area (Å²) < 4.78 is 42.4. The molecule has 0 aromatic rings. The smallest absolute Gasteiger partial charge is 0.264 e. The summed E-state index contributed by atoms with van der Waals surface area (Å²) in [7, 11) is -3.91. The fourth-order valence-electron chi connectivity index (χ4n) is 9.63. The number of hydrogen-bond donors (Lipinski definition) is 3. The van der Waals surface area contributed by atoms with Gasteiger partial charge in [0.05, 0.1) is 35.3 Å². The normalized spacial score (nSPS) is 44.2. The summed E-state index contributed by atoms with van der Waals surface area (Å²) in [6.45, 7) is 12.8. The van der Waals surface area contributed by atoms with Crippen molar-refractivity contribution in [3.8, 4) is 0 Å². The molecule has 0 radical (unpaired) electrons. The second-order valence-corrected chi connectivity index (χ2v) is 17.1. The van der Waals surface area contributed by atoms with Gasteiger partial charge in [0.1, 0.15) is 6.10 Å². The number of carbonyl (C=O) groups is 1. The molecule has 0 spiro atoms. The summed E-state index contributed by atoms with van der Waals surface area (Å²) >= 11 is 0. The van der Waals surface area contributed by atoms with Crippen molar-refractivity contribution in [1.29, 1.82) is 0 Å². The Balaban J connectivity index is 1.48. The van der Waals surface area contributed by atoms with E-state index in [0.29, 0.717) is 32.1 Å². The minimum Gasteiger partial charge on any atom is -0.390 e. The highest BCUT2D eigenvalue weighted by molar-refractivity contribution is 7.86. The van der Waals surface area contributed by atoms with Gasteiger partial charge in [-0.25, -0.2) is 0 Å². The van der Waals surface area contributed by atoms with Gasteiger partial charge < -0.3 is 24.8 Å². The van der Waals surface area contributed by atoms with Crippen LogP contribution < -0.4 is 0 Å². The number of allylic oxidation sites excluding steroid dienone is 1. The molecule has 10 atom stereocenters. The largest absolute Gasteiger partial charge is 0.390 e. The summed E-state index contributed by atoms with van der Waals surface area (Å²) in [5.41, 5.74) is -4.48. The van der Waals surface area contributed by atoms with Crippen LogP contribution in [0.3, 0.4) is 0 Å². The minimum absolute atomic E-state index is 0.0153. The summed E-state index contributed by atoms with van der Waals surface area (Å²) in [4.78, 5) is 13.8. The first-order valence-electron chi connectivity index (χ1n) is 15.2. The van der Waals surface area contributed by atoms with E-state index in [1.54, 1.807) is 26.8 Å². The standard InChI is InChI=1S/C31H50O9S/c1-26(2,33)12-11-25(40-41(8,36)37)30(7,34)24-10-14-31(35)19-15-21(32)20-16-22-23(39-27(3,4)38-22)17-28(20,5)18(19)9-13-29(24,31)6/h15,18,20,22-25,33-35H,9-14,16-17H2,1-8H3/t18-,20-,22+,23-,24-,25+,28+,29+,30+,31+/m0/s1. The SMILES string of the molecule is CC(C)(O)CC[C@@H](OS(C)(=O)=O)[C@](C)(O)[C@H]1CC[C@@]2(O)C3=CC(=O)[C@@H]4C[C@H]5OC(C)(C)O[C@H]5C[C@]4(C)[C@H]3CC[C@]12C. The average molecular weight is 599 g/mol. The molecule has 1 aliphatic heterocycles. The highest BCUT2D eigenvalue weighted by Gasteiger charge is 2.70. The summed E-state index contributed by atoms with van der Waals surface area (Å²) in [5, 5.41) is 35.0. The van der Waals surface area contributed by atoms with Crippen LogP contribution in [0.5, 0.6) is 0 Å². The van der Waals surface area contributed by atoms with Gasteiger partial charge in [0.15, 0.2) is 11.6 Å². The van der Waals surface area contributed by atoms with Crippen molar-refractivity contribution < 1.29 is 42.2 Å². The van der Waals surface area contributed by atoms with Crippen LogP contribution in [-0.2, 0) is 28.6 Å². The molecular weight excluding hydrogens is 548 g/mol. The van der Waals surface area contributed by atoms with Gasteiger partial charge in [0.25, 0.3) is 10.1 Å². The fourth-order valence-corrected chi connectivity index (χ4v) is 10.3. The van der Waals surface area contributed by atoms with Crippen LogP contribution in [0.1, 0.15) is 99.8 Å². The molecule has 1 saturated heterocycles. The highest BCUT2D eigenvalue weighted by Crippen LogP contribution is 2.69. The molecular formula is C31H50O9S. The lowest BCUT2D eigenvalue weighted by atomic mass is 9.45. The maximum Gasteiger partial charge on any atom is 0.264 e. The number of rotatable bonds is 7. The third kappa shape index (κ3) is 5.17. The van der Waals surface area contributed by atoms with Crippen LogP contribution >= 0.6 is 0 Å². The molecule has 3 N–H and O–H groups in total. The quantitative estimate of drug-likeness (QED) is 0.375. The highest BCUT2D eigenvalue weighted by atomic mass is 32.2. The van der Waals surface area contributed by atoms with Crippen LogP contribution in [0.2, 0.25) is 0 Å². The lowest BCUT2D eigenvalue weighted by Gasteiger charge is -2.60. The van der Waals surface area contributed by atoms with Gasteiger partial charge in [0, 0.05) is 11.3 Å². The van der Waals surface area contributed by atoms with E-state index in [1.807, 2.05) is 20.8 Å². The first-order chi connectivity index (χ1) is 18.5. The van der Waals surface area contributed by atoms with Crippen molar-refractivity contribution in [2.45, 2.75) is 141 Å². The van der Waals surface area contributed by atoms with E-state index in [4.69, 9.17) is 13.7 Å². The van der Waals surface area contributed by atoms with Crippen LogP contribution in [0.25, 0.3) is 0 Å². The maximum absolute atomic E-state index is 13.8. The van der Waals surface area contributed by atoms with Crippen molar-refractivity contribution in [3.05, 3.63) is 11.6 Å². The second-order valence-electron chi connectivity index (χ2n) is 15.5. The maximum atomic E-state index is 13.8. The summed E-state index contributed by atoms with van der Waals surface area (Å²) in [5.74, 6) is -1.40. The van der Waals surface area contributed by atoms with Gasteiger partial charge in [-0.2, -0.15) is 8.42 Å². The molecule has 9 nitrogen and oxygen atoms in total. The number of ether oxygens (including phenoxy) is 2. The van der Waals surface area contributed by atoms with Gasteiger partial charge in [-0.1, -0.05) is 13.8 Å². The molecule has 0 bridgehead atoms. The van der Waals surface area contributed by atoms with Crippen molar-refractivity contribution >= 4 is 15.9 Å². The van der Waals surface area contributed by atoms with Gasteiger partial charge in [-0.05, 0) is 115 Å². The van der Waals surface area contributed by atoms with Crippen LogP contribution in [0.4, 0.5) is 0 Å². The zero-order valence-electron chi connectivity index (χ0n) is 25.9. The van der Waals surface area contributed by atoms with Crippen LogP contribution in [0.15, 0.2) is 11.6 Å².